The van der Waals surface area contributed by atoms with E-state index in [0.717, 1.165) is 38.9 Å². The lowest BCUT2D eigenvalue weighted by atomic mass is 10.0. The number of aromatic nitrogens is 4. The summed E-state index contributed by atoms with van der Waals surface area (Å²) in [5.41, 5.74) is 4.01. The smallest absolute Gasteiger partial charge is 0.191 e. The van der Waals surface area contributed by atoms with Crippen LogP contribution in [0.4, 0.5) is 10.2 Å². The minimum atomic E-state index is -0.215. The van der Waals surface area contributed by atoms with Crippen LogP contribution in [0, 0.1) is 6.92 Å². The molecule has 140 valence electrons. The highest BCUT2D eigenvalue weighted by Crippen LogP contribution is 2.28. The van der Waals surface area contributed by atoms with Gasteiger partial charge < -0.3 is 14.0 Å². The normalized spacial score (nSPS) is 19.7. The molecule has 0 saturated carbocycles. The number of nitrogens with zero attached hydrogens (tertiary/aromatic N) is 4. The second kappa shape index (κ2) is 6.60. The van der Waals surface area contributed by atoms with Gasteiger partial charge >= 0.3 is 0 Å². The highest BCUT2D eigenvalue weighted by molar-refractivity contribution is 5.88. The van der Waals surface area contributed by atoms with Crippen molar-refractivity contribution in [3.05, 3.63) is 76.8 Å². The summed E-state index contributed by atoms with van der Waals surface area (Å²) in [6, 6.07) is 2.03. The monoisotopic (exact) mass is 375 g/mol. The minimum absolute atomic E-state index is 0.215. The fourth-order valence-electron chi connectivity index (χ4n) is 3.68. The Labute approximate surface area is 160 Å². The van der Waals surface area contributed by atoms with Crippen LogP contribution in [-0.2, 0) is 6.54 Å². The number of nitrogens with one attached hydrogen (secondary N) is 1. The lowest BCUT2D eigenvalue weighted by Gasteiger charge is -2.11. The number of hydrogen-bond donors (Lipinski definition) is 1. The zero-order valence-corrected chi connectivity index (χ0v) is 15.3. The average Bonchev–Trinajstić information content (AvgIpc) is 3.42. The standard InChI is InChI=1S/C21H18FN5O/c1-13-26-16(11-28-13)10-27-12-25-19(14-2-4-15(22)5-3-14)20(27)17-6-8-23-21-18(17)7-9-24-21/h2,4-5,7-9,11-12,24H,3,6,10H2,1H3. The third-order valence-corrected chi connectivity index (χ3v) is 4.95. The zero-order chi connectivity index (χ0) is 19.1. The number of aryl methyl sites for hydroxylation is 1. The van der Waals surface area contributed by atoms with Crippen molar-refractivity contribution in [1.29, 1.82) is 0 Å². The SMILES string of the molecule is Cc1nc(Cn2cnc(=C3C=CC(F)=CC3)c2=C2CC=Nc3[nH]ccc32)co1. The summed E-state index contributed by atoms with van der Waals surface area (Å²) in [6.07, 6.45) is 13.3. The summed E-state index contributed by atoms with van der Waals surface area (Å²) >= 11 is 0. The van der Waals surface area contributed by atoms with Gasteiger partial charge in [-0.25, -0.2) is 19.4 Å². The number of fused-ring (bicyclic) bond motifs is 1. The van der Waals surface area contributed by atoms with E-state index in [2.05, 4.69) is 24.5 Å². The molecular weight excluding hydrogens is 357 g/mol. The molecule has 0 radical (unpaired) electrons. The van der Waals surface area contributed by atoms with Gasteiger partial charge in [0.25, 0.3) is 0 Å². The van der Waals surface area contributed by atoms with Gasteiger partial charge in [0.2, 0.25) is 0 Å². The van der Waals surface area contributed by atoms with Gasteiger partial charge in [-0.15, -0.1) is 0 Å². The number of halogens is 1. The summed E-state index contributed by atoms with van der Waals surface area (Å²) in [7, 11) is 0. The molecule has 4 heterocycles. The van der Waals surface area contributed by atoms with Crippen molar-refractivity contribution in [2.45, 2.75) is 26.3 Å². The molecule has 0 saturated heterocycles. The predicted octanol–water partition coefficient (Wildman–Crippen LogP) is 2.82. The first kappa shape index (κ1) is 16.7. The van der Waals surface area contributed by atoms with Crippen molar-refractivity contribution in [2.75, 3.05) is 0 Å². The number of rotatable bonds is 2. The Morgan fingerprint density at radius 2 is 2.21 bits per heavy atom. The fourth-order valence-corrected chi connectivity index (χ4v) is 3.68. The molecule has 2 aliphatic rings. The van der Waals surface area contributed by atoms with Crippen molar-refractivity contribution < 1.29 is 8.81 Å². The summed E-state index contributed by atoms with van der Waals surface area (Å²) in [5, 5.41) is 1.86. The summed E-state index contributed by atoms with van der Waals surface area (Å²) < 4.78 is 20.9. The predicted molar refractivity (Wildman–Crippen MR) is 104 cm³/mol. The molecule has 1 aliphatic carbocycles. The molecule has 0 spiro atoms. The fraction of sp³-hybridized carbons (Fsp3) is 0.190. The second-order valence-corrected chi connectivity index (χ2v) is 6.81. The Bertz CT molecular complexity index is 1270. The topological polar surface area (TPSA) is 72.0 Å². The third-order valence-electron chi connectivity index (χ3n) is 4.95. The lowest BCUT2D eigenvalue weighted by molar-refractivity contribution is 0.520. The maximum Gasteiger partial charge on any atom is 0.191 e. The van der Waals surface area contributed by atoms with E-state index in [4.69, 9.17) is 4.42 Å². The molecule has 1 aliphatic heterocycles. The molecule has 5 rings (SSSR count). The zero-order valence-electron chi connectivity index (χ0n) is 15.3. The van der Waals surface area contributed by atoms with E-state index in [-0.39, 0.29) is 5.83 Å². The Morgan fingerprint density at radius 3 is 3.00 bits per heavy atom. The van der Waals surface area contributed by atoms with Crippen molar-refractivity contribution >= 4 is 23.2 Å². The molecule has 0 atom stereocenters. The van der Waals surface area contributed by atoms with Crippen molar-refractivity contribution in [2.24, 2.45) is 4.99 Å². The van der Waals surface area contributed by atoms with E-state index >= 15 is 0 Å². The van der Waals surface area contributed by atoms with E-state index in [1.165, 1.54) is 6.08 Å². The molecular formula is C21H18FN5O. The van der Waals surface area contributed by atoms with Gasteiger partial charge in [0.05, 0.1) is 29.3 Å². The van der Waals surface area contributed by atoms with Crippen LogP contribution < -0.4 is 10.7 Å². The highest BCUT2D eigenvalue weighted by atomic mass is 19.1. The number of H-pyrrole nitrogens is 1. The van der Waals surface area contributed by atoms with Crippen LogP contribution in [0.2, 0.25) is 0 Å². The van der Waals surface area contributed by atoms with Crippen LogP contribution in [0.5, 0.6) is 0 Å². The number of aromatic amines is 1. The van der Waals surface area contributed by atoms with Crippen LogP contribution in [-0.4, -0.2) is 25.7 Å². The van der Waals surface area contributed by atoms with E-state index in [9.17, 15) is 4.39 Å². The molecule has 0 amide bonds. The quantitative estimate of drug-likeness (QED) is 0.749. The molecule has 3 aromatic heterocycles. The van der Waals surface area contributed by atoms with Gasteiger partial charge in [-0.2, -0.15) is 0 Å². The summed E-state index contributed by atoms with van der Waals surface area (Å²) in [6.45, 7) is 2.37. The van der Waals surface area contributed by atoms with Crippen LogP contribution in [0.15, 0.2) is 58.3 Å². The largest absolute Gasteiger partial charge is 0.449 e. The Hall–Kier alpha value is -3.48. The molecule has 6 nitrogen and oxygen atoms in total. The molecule has 0 aromatic carbocycles. The number of aliphatic imine (C=N–C) groups is 1. The summed E-state index contributed by atoms with van der Waals surface area (Å²) in [5.74, 6) is 1.26. The van der Waals surface area contributed by atoms with Crippen LogP contribution in [0.1, 0.15) is 30.0 Å². The Morgan fingerprint density at radius 1 is 1.29 bits per heavy atom. The Balaban J connectivity index is 1.77. The molecule has 7 heteroatoms. The van der Waals surface area contributed by atoms with Crippen molar-refractivity contribution in [1.82, 2.24) is 19.5 Å². The summed E-state index contributed by atoms with van der Waals surface area (Å²) in [4.78, 5) is 16.7. The van der Waals surface area contributed by atoms with E-state index < -0.39 is 0 Å². The number of imidazole rings is 1. The van der Waals surface area contributed by atoms with Crippen molar-refractivity contribution in [3.63, 3.8) is 0 Å². The van der Waals surface area contributed by atoms with Gasteiger partial charge in [0, 0.05) is 31.3 Å². The van der Waals surface area contributed by atoms with Crippen LogP contribution >= 0.6 is 0 Å². The van der Waals surface area contributed by atoms with Crippen molar-refractivity contribution in [3.8, 4) is 0 Å². The number of allylic oxidation sites excluding steroid dienone is 4. The average molecular weight is 375 g/mol. The minimum Gasteiger partial charge on any atom is -0.449 e. The van der Waals surface area contributed by atoms with Gasteiger partial charge in [0.15, 0.2) is 5.89 Å². The lowest BCUT2D eigenvalue weighted by Crippen LogP contribution is -2.35. The van der Waals surface area contributed by atoms with Gasteiger partial charge in [-0.05, 0) is 35.8 Å². The van der Waals surface area contributed by atoms with E-state index in [1.54, 1.807) is 18.4 Å². The Kier molecular flexibility index (Phi) is 3.93. The second-order valence-electron chi connectivity index (χ2n) is 6.81. The number of hydrogen-bond acceptors (Lipinski definition) is 4. The van der Waals surface area contributed by atoms with Gasteiger partial charge in [-0.3, -0.25) is 0 Å². The maximum absolute atomic E-state index is 13.5. The molecule has 28 heavy (non-hydrogen) atoms. The third kappa shape index (κ3) is 2.85. The molecule has 0 unspecified atom stereocenters. The molecule has 3 aromatic rings. The first-order chi connectivity index (χ1) is 13.7. The molecule has 1 N–H and O–H groups in total. The van der Waals surface area contributed by atoms with Crippen LogP contribution in [0.25, 0.3) is 11.1 Å². The van der Waals surface area contributed by atoms with E-state index in [0.29, 0.717) is 25.3 Å². The first-order valence-electron chi connectivity index (χ1n) is 9.11. The van der Waals surface area contributed by atoms with Gasteiger partial charge in [0.1, 0.15) is 17.9 Å². The molecule has 0 bridgehead atoms. The van der Waals surface area contributed by atoms with Crippen LogP contribution in [0.3, 0.4) is 0 Å². The number of oxazole rings is 1. The van der Waals surface area contributed by atoms with E-state index in [1.807, 2.05) is 31.7 Å². The van der Waals surface area contributed by atoms with Gasteiger partial charge in [-0.1, -0.05) is 6.08 Å². The maximum atomic E-state index is 13.5. The molecule has 0 fully saturated rings. The first-order valence-corrected chi connectivity index (χ1v) is 9.11. The highest BCUT2D eigenvalue weighted by Gasteiger charge is 2.17.